The molecule has 2 heteroatoms. The van der Waals surface area contributed by atoms with Crippen molar-refractivity contribution in [3.8, 4) is 0 Å². The van der Waals surface area contributed by atoms with Crippen LogP contribution in [0.3, 0.4) is 0 Å². The average molecular weight is 200 g/mol. The van der Waals surface area contributed by atoms with Crippen molar-refractivity contribution in [3.05, 3.63) is 11.6 Å². The van der Waals surface area contributed by atoms with Crippen LogP contribution in [-0.2, 0) is 0 Å². The number of aliphatic hydroxyl groups is 1. The van der Waals surface area contributed by atoms with Gasteiger partial charge in [-0.3, -0.25) is 0 Å². The Morgan fingerprint density at radius 3 is 3.15 bits per heavy atom. The van der Waals surface area contributed by atoms with Gasteiger partial charge in [0.1, 0.15) is 0 Å². The molecule has 1 unspecified atom stereocenters. The second-order valence-corrected chi connectivity index (χ2v) is 4.98. The Bertz CT molecular complexity index is 165. The van der Waals surface area contributed by atoms with Crippen LogP contribution in [0.15, 0.2) is 11.6 Å². The number of thioether (sulfide) groups is 1. The first-order chi connectivity index (χ1) is 6.33. The lowest BCUT2D eigenvalue weighted by molar-refractivity contribution is 0.201. The van der Waals surface area contributed by atoms with E-state index in [1.807, 2.05) is 11.8 Å². The van der Waals surface area contributed by atoms with Gasteiger partial charge in [0.15, 0.2) is 0 Å². The highest BCUT2D eigenvalue weighted by Gasteiger charge is 2.09. The Morgan fingerprint density at radius 2 is 2.46 bits per heavy atom. The number of rotatable bonds is 5. The van der Waals surface area contributed by atoms with E-state index in [4.69, 9.17) is 0 Å². The summed E-state index contributed by atoms with van der Waals surface area (Å²) in [7, 11) is 0. The lowest BCUT2D eigenvalue weighted by atomic mass is 9.95. The minimum atomic E-state index is -0.150. The molecule has 1 aliphatic rings. The van der Waals surface area contributed by atoms with Crippen LogP contribution in [-0.4, -0.2) is 22.7 Å². The number of allylic oxidation sites excluding steroid dienone is 1. The molecular weight excluding hydrogens is 180 g/mol. The zero-order chi connectivity index (χ0) is 9.52. The van der Waals surface area contributed by atoms with E-state index in [2.05, 4.69) is 13.0 Å². The SMILES string of the molecule is CCSCCCC1=CC(O)CCC1. The van der Waals surface area contributed by atoms with Crippen LogP contribution in [0.5, 0.6) is 0 Å². The molecule has 0 aromatic carbocycles. The molecular formula is C11H20OS. The lowest BCUT2D eigenvalue weighted by Gasteiger charge is -2.16. The van der Waals surface area contributed by atoms with E-state index in [0.717, 1.165) is 6.42 Å². The van der Waals surface area contributed by atoms with Gasteiger partial charge in [0.25, 0.3) is 0 Å². The molecule has 0 heterocycles. The van der Waals surface area contributed by atoms with Crippen molar-refractivity contribution < 1.29 is 5.11 Å². The van der Waals surface area contributed by atoms with Crippen LogP contribution < -0.4 is 0 Å². The van der Waals surface area contributed by atoms with Gasteiger partial charge in [-0.15, -0.1) is 0 Å². The number of aliphatic hydroxyl groups excluding tert-OH is 1. The second-order valence-electron chi connectivity index (χ2n) is 3.58. The molecule has 0 fully saturated rings. The van der Waals surface area contributed by atoms with Gasteiger partial charge in [-0.1, -0.05) is 18.6 Å². The summed E-state index contributed by atoms with van der Waals surface area (Å²) in [6.45, 7) is 2.20. The molecule has 0 saturated carbocycles. The molecule has 0 spiro atoms. The van der Waals surface area contributed by atoms with Crippen LogP contribution in [0.25, 0.3) is 0 Å². The zero-order valence-corrected chi connectivity index (χ0v) is 9.28. The van der Waals surface area contributed by atoms with Crippen LogP contribution in [0, 0.1) is 0 Å². The molecule has 76 valence electrons. The van der Waals surface area contributed by atoms with E-state index >= 15 is 0 Å². The van der Waals surface area contributed by atoms with Gasteiger partial charge in [-0.05, 0) is 43.6 Å². The van der Waals surface area contributed by atoms with Gasteiger partial charge in [0.05, 0.1) is 6.10 Å². The van der Waals surface area contributed by atoms with Crippen LogP contribution in [0.4, 0.5) is 0 Å². The highest BCUT2D eigenvalue weighted by atomic mass is 32.2. The largest absolute Gasteiger partial charge is 0.389 e. The van der Waals surface area contributed by atoms with E-state index in [1.165, 1.54) is 42.8 Å². The van der Waals surface area contributed by atoms with E-state index < -0.39 is 0 Å². The summed E-state index contributed by atoms with van der Waals surface area (Å²) in [4.78, 5) is 0. The molecule has 0 aromatic heterocycles. The van der Waals surface area contributed by atoms with Gasteiger partial charge in [-0.25, -0.2) is 0 Å². The Kier molecular flexibility index (Phi) is 5.56. The molecule has 0 aliphatic heterocycles. The van der Waals surface area contributed by atoms with Gasteiger partial charge in [0, 0.05) is 0 Å². The molecule has 0 bridgehead atoms. The summed E-state index contributed by atoms with van der Waals surface area (Å²) < 4.78 is 0. The lowest BCUT2D eigenvalue weighted by Crippen LogP contribution is -2.08. The molecule has 0 aromatic rings. The van der Waals surface area contributed by atoms with Crippen molar-refractivity contribution in [2.45, 2.75) is 45.1 Å². The van der Waals surface area contributed by atoms with Crippen molar-refractivity contribution in [1.29, 1.82) is 0 Å². The summed E-state index contributed by atoms with van der Waals surface area (Å²) >= 11 is 2.01. The van der Waals surface area contributed by atoms with E-state index in [1.54, 1.807) is 0 Å². The predicted molar refractivity (Wildman–Crippen MR) is 60.2 cm³/mol. The quantitative estimate of drug-likeness (QED) is 0.544. The van der Waals surface area contributed by atoms with E-state index in [0.29, 0.717) is 0 Å². The topological polar surface area (TPSA) is 20.2 Å². The summed E-state index contributed by atoms with van der Waals surface area (Å²) in [5.41, 5.74) is 1.48. The maximum Gasteiger partial charge on any atom is 0.0723 e. The molecule has 0 amide bonds. The molecule has 13 heavy (non-hydrogen) atoms. The van der Waals surface area contributed by atoms with Crippen molar-refractivity contribution in [3.63, 3.8) is 0 Å². The number of hydrogen-bond acceptors (Lipinski definition) is 2. The Morgan fingerprint density at radius 1 is 1.62 bits per heavy atom. The third kappa shape index (κ3) is 4.72. The first-order valence-corrected chi connectivity index (χ1v) is 6.43. The minimum absolute atomic E-state index is 0.150. The molecule has 1 nitrogen and oxygen atoms in total. The first kappa shape index (κ1) is 11.1. The zero-order valence-electron chi connectivity index (χ0n) is 8.46. The van der Waals surface area contributed by atoms with Gasteiger partial charge < -0.3 is 5.11 Å². The molecule has 0 radical (unpaired) electrons. The van der Waals surface area contributed by atoms with Gasteiger partial charge in [0.2, 0.25) is 0 Å². The average Bonchev–Trinajstić information content (AvgIpc) is 2.13. The maximum atomic E-state index is 9.40. The predicted octanol–water partition coefficient (Wildman–Crippen LogP) is 2.99. The van der Waals surface area contributed by atoms with Crippen molar-refractivity contribution in [1.82, 2.24) is 0 Å². The molecule has 0 saturated heterocycles. The highest BCUT2D eigenvalue weighted by molar-refractivity contribution is 7.99. The molecule has 1 atom stereocenters. The summed E-state index contributed by atoms with van der Waals surface area (Å²) in [6, 6.07) is 0. The standard InChI is InChI=1S/C11H20OS/c1-2-13-8-4-6-10-5-3-7-11(12)9-10/h9,11-12H,2-8H2,1H3. The smallest absolute Gasteiger partial charge is 0.0723 e. The monoisotopic (exact) mass is 200 g/mol. The van der Waals surface area contributed by atoms with Crippen molar-refractivity contribution in [2.75, 3.05) is 11.5 Å². The summed E-state index contributed by atoms with van der Waals surface area (Å²) in [5, 5.41) is 9.40. The van der Waals surface area contributed by atoms with Crippen molar-refractivity contribution in [2.24, 2.45) is 0 Å². The first-order valence-electron chi connectivity index (χ1n) is 5.28. The van der Waals surface area contributed by atoms with Crippen LogP contribution in [0.1, 0.15) is 39.0 Å². The molecule has 1 N–H and O–H groups in total. The Balaban J connectivity index is 2.13. The number of hydrogen-bond donors (Lipinski definition) is 1. The maximum absolute atomic E-state index is 9.40. The van der Waals surface area contributed by atoms with Crippen LogP contribution >= 0.6 is 11.8 Å². The third-order valence-electron chi connectivity index (χ3n) is 2.42. The molecule has 1 rings (SSSR count). The van der Waals surface area contributed by atoms with Gasteiger partial charge >= 0.3 is 0 Å². The van der Waals surface area contributed by atoms with E-state index in [9.17, 15) is 5.11 Å². The highest BCUT2D eigenvalue weighted by Crippen LogP contribution is 2.22. The van der Waals surface area contributed by atoms with Crippen LogP contribution in [0.2, 0.25) is 0 Å². The fourth-order valence-electron chi connectivity index (χ4n) is 1.73. The second kappa shape index (κ2) is 6.50. The summed E-state index contributed by atoms with van der Waals surface area (Å²) in [6.07, 6.45) is 7.75. The normalized spacial score (nSPS) is 22.9. The van der Waals surface area contributed by atoms with Gasteiger partial charge in [-0.2, -0.15) is 11.8 Å². The van der Waals surface area contributed by atoms with Crippen molar-refractivity contribution >= 4 is 11.8 Å². The fraction of sp³-hybridized carbons (Fsp3) is 0.818. The van der Waals surface area contributed by atoms with E-state index in [-0.39, 0.29) is 6.10 Å². The Labute approximate surface area is 85.6 Å². The Hall–Kier alpha value is 0.0500. The minimum Gasteiger partial charge on any atom is -0.389 e. The molecule has 1 aliphatic carbocycles. The third-order valence-corrected chi connectivity index (χ3v) is 3.40. The fourth-order valence-corrected chi connectivity index (χ4v) is 2.37. The summed E-state index contributed by atoms with van der Waals surface area (Å²) in [5.74, 6) is 2.49.